The summed E-state index contributed by atoms with van der Waals surface area (Å²) in [6, 6.07) is 11.1. The number of nitrogens with zero attached hydrogens (tertiary/aromatic N) is 1. The van der Waals surface area contributed by atoms with Gasteiger partial charge in [0, 0.05) is 18.1 Å². The number of nitriles is 1. The molecule has 4 rings (SSSR count). The summed E-state index contributed by atoms with van der Waals surface area (Å²) < 4.78 is 11.7. The molecule has 2 unspecified atom stereocenters. The molecule has 2 aliphatic rings. The average Bonchev–Trinajstić information content (AvgIpc) is 2.95. The summed E-state index contributed by atoms with van der Waals surface area (Å²) in [5.41, 5.74) is -0.344. The van der Waals surface area contributed by atoms with Crippen LogP contribution in [0, 0.1) is 11.3 Å². The Kier molecular flexibility index (Phi) is 4.53. The van der Waals surface area contributed by atoms with E-state index < -0.39 is 23.6 Å². The second-order valence-electron chi connectivity index (χ2n) is 6.47. The third-order valence-electron chi connectivity index (χ3n) is 4.67. The van der Waals surface area contributed by atoms with E-state index in [1.54, 1.807) is 24.3 Å². The number of hydrogen-bond donors (Lipinski definition) is 2. The van der Waals surface area contributed by atoms with E-state index >= 15 is 0 Å². The summed E-state index contributed by atoms with van der Waals surface area (Å²) in [7, 11) is 0. The number of urea groups is 1. The van der Waals surface area contributed by atoms with Crippen molar-refractivity contribution in [3.05, 3.63) is 57.6 Å². The Hall–Kier alpha value is -2.95. The van der Waals surface area contributed by atoms with Crippen LogP contribution in [-0.4, -0.2) is 24.6 Å². The fourth-order valence-corrected chi connectivity index (χ4v) is 3.68. The van der Waals surface area contributed by atoms with Crippen molar-refractivity contribution in [1.29, 1.82) is 5.26 Å². The molecule has 2 atom stereocenters. The molecule has 0 aliphatic carbocycles. The smallest absolute Gasteiger partial charge is 0.322 e. The van der Waals surface area contributed by atoms with Gasteiger partial charge in [0.15, 0.2) is 5.54 Å². The van der Waals surface area contributed by atoms with E-state index in [9.17, 15) is 9.59 Å². The first kappa shape index (κ1) is 18.4. The number of carbonyl (C=O) groups is 2. The van der Waals surface area contributed by atoms with Crippen LogP contribution in [0.5, 0.6) is 11.5 Å². The first-order chi connectivity index (χ1) is 13.4. The van der Waals surface area contributed by atoms with Crippen LogP contribution < -0.4 is 20.1 Å². The number of rotatable bonds is 3. The van der Waals surface area contributed by atoms with Gasteiger partial charge in [-0.3, -0.25) is 10.1 Å². The molecule has 0 radical (unpaired) electrons. The van der Waals surface area contributed by atoms with Gasteiger partial charge in [-0.15, -0.1) is 0 Å². The van der Waals surface area contributed by atoms with Crippen molar-refractivity contribution in [2.24, 2.45) is 0 Å². The molecule has 1 spiro atoms. The molecular weight excluding hydrogens is 405 g/mol. The molecule has 28 heavy (non-hydrogen) atoms. The average molecular weight is 418 g/mol. The Balaban J connectivity index is 1.62. The number of amides is 3. The van der Waals surface area contributed by atoms with E-state index in [-0.39, 0.29) is 23.1 Å². The van der Waals surface area contributed by atoms with Gasteiger partial charge in [-0.05, 0) is 30.3 Å². The first-order valence-electron chi connectivity index (χ1n) is 8.34. The standard InChI is InChI=1S/C19H13Cl2N3O4/c20-14-5-13-16(6-15(14)21)28-12(7-19(13)17(25)23-18(26)24-19)9-27-11-3-1-10(8-22)2-4-11/h1-6,12H,7,9H2,(H2,23,24,25,26). The van der Waals surface area contributed by atoms with Crippen LogP contribution in [0.1, 0.15) is 17.5 Å². The minimum absolute atomic E-state index is 0.122. The maximum Gasteiger partial charge on any atom is 0.322 e. The number of benzene rings is 2. The third kappa shape index (κ3) is 3.11. The molecule has 2 aliphatic heterocycles. The zero-order valence-electron chi connectivity index (χ0n) is 14.3. The molecular formula is C19H13Cl2N3O4. The van der Waals surface area contributed by atoms with Crippen molar-refractivity contribution >= 4 is 35.1 Å². The molecule has 0 bridgehead atoms. The molecule has 2 N–H and O–H groups in total. The monoisotopic (exact) mass is 417 g/mol. The molecule has 0 saturated carbocycles. The van der Waals surface area contributed by atoms with Crippen LogP contribution in [0.15, 0.2) is 36.4 Å². The van der Waals surface area contributed by atoms with E-state index in [2.05, 4.69) is 10.6 Å². The highest BCUT2D eigenvalue weighted by Gasteiger charge is 2.53. The highest BCUT2D eigenvalue weighted by Crippen LogP contribution is 2.44. The van der Waals surface area contributed by atoms with Gasteiger partial charge >= 0.3 is 6.03 Å². The lowest BCUT2D eigenvalue weighted by Crippen LogP contribution is -2.51. The maximum atomic E-state index is 12.6. The van der Waals surface area contributed by atoms with Crippen LogP contribution in [0.3, 0.4) is 0 Å². The second kappa shape index (κ2) is 6.89. The van der Waals surface area contributed by atoms with Crippen molar-refractivity contribution in [2.45, 2.75) is 18.1 Å². The topological polar surface area (TPSA) is 100 Å². The second-order valence-corrected chi connectivity index (χ2v) is 7.28. The molecule has 9 heteroatoms. The molecule has 2 aromatic rings. The molecule has 142 valence electrons. The molecule has 1 saturated heterocycles. The summed E-state index contributed by atoms with van der Waals surface area (Å²) in [5, 5.41) is 14.3. The van der Waals surface area contributed by atoms with E-state index in [4.69, 9.17) is 37.9 Å². The van der Waals surface area contributed by atoms with Crippen molar-refractivity contribution < 1.29 is 19.1 Å². The minimum atomic E-state index is -1.31. The van der Waals surface area contributed by atoms with Crippen LogP contribution in [-0.2, 0) is 10.3 Å². The Labute approximate surface area is 170 Å². The van der Waals surface area contributed by atoms with Gasteiger partial charge in [-0.25, -0.2) is 4.79 Å². The Morgan fingerprint density at radius 3 is 2.57 bits per heavy atom. The van der Waals surface area contributed by atoms with Gasteiger partial charge in [-0.2, -0.15) is 5.26 Å². The minimum Gasteiger partial charge on any atom is -0.490 e. The summed E-state index contributed by atoms with van der Waals surface area (Å²) in [5.74, 6) is 0.423. The molecule has 7 nitrogen and oxygen atoms in total. The Morgan fingerprint density at radius 2 is 1.93 bits per heavy atom. The number of hydrogen-bond acceptors (Lipinski definition) is 5. The zero-order valence-corrected chi connectivity index (χ0v) is 15.8. The third-order valence-corrected chi connectivity index (χ3v) is 5.39. The molecule has 1 fully saturated rings. The van der Waals surface area contributed by atoms with E-state index in [1.807, 2.05) is 6.07 Å². The number of carbonyl (C=O) groups excluding carboxylic acids is 2. The molecule has 2 aromatic carbocycles. The lowest BCUT2D eigenvalue weighted by atomic mass is 9.82. The fourth-order valence-electron chi connectivity index (χ4n) is 3.37. The highest BCUT2D eigenvalue weighted by atomic mass is 35.5. The summed E-state index contributed by atoms with van der Waals surface area (Å²) >= 11 is 12.2. The number of ether oxygens (including phenoxy) is 2. The number of halogens is 2. The first-order valence-corrected chi connectivity index (χ1v) is 9.09. The molecule has 3 amide bonds. The lowest BCUT2D eigenvalue weighted by Gasteiger charge is -2.37. The Bertz CT molecular complexity index is 1020. The summed E-state index contributed by atoms with van der Waals surface area (Å²) in [4.78, 5) is 24.4. The lowest BCUT2D eigenvalue weighted by molar-refractivity contribution is -0.126. The van der Waals surface area contributed by atoms with E-state index in [1.165, 1.54) is 12.1 Å². The Morgan fingerprint density at radius 1 is 1.21 bits per heavy atom. The number of imide groups is 1. The van der Waals surface area contributed by atoms with Crippen LogP contribution >= 0.6 is 23.2 Å². The van der Waals surface area contributed by atoms with E-state index in [0.29, 0.717) is 22.6 Å². The summed E-state index contributed by atoms with van der Waals surface area (Å²) in [6.07, 6.45) is -0.379. The van der Waals surface area contributed by atoms with Crippen molar-refractivity contribution in [3.8, 4) is 17.6 Å². The molecule has 0 aromatic heterocycles. The van der Waals surface area contributed by atoms with Gasteiger partial charge < -0.3 is 14.8 Å². The van der Waals surface area contributed by atoms with Crippen molar-refractivity contribution in [3.63, 3.8) is 0 Å². The highest BCUT2D eigenvalue weighted by molar-refractivity contribution is 6.42. The SMILES string of the molecule is N#Cc1ccc(OCC2CC3(NC(=O)NC3=O)c3cc(Cl)c(Cl)cc3O2)cc1. The van der Waals surface area contributed by atoms with Crippen molar-refractivity contribution in [1.82, 2.24) is 10.6 Å². The predicted molar refractivity (Wildman–Crippen MR) is 100 cm³/mol. The number of nitrogens with one attached hydrogen (secondary N) is 2. The van der Waals surface area contributed by atoms with Crippen LogP contribution in [0.2, 0.25) is 10.0 Å². The van der Waals surface area contributed by atoms with Crippen LogP contribution in [0.25, 0.3) is 0 Å². The number of fused-ring (bicyclic) bond motifs is 2. The van der Waals surface area contributed by atoms with Gasteiger partial charge in [-0.1, -0.05) is 23.2 Å². The van der Waals surface area contributed by atoms with Gasteiger partial charge in [0.1, 0.15) is 24.2 Å². The van der Waals surface area contributed by atoms with Crippen LogP contribution in [0.4, 0.5) is 4.79 Å². The maximum absolute atomic E-state index is 12.6. The van der Waals surface area contributed by atoms with Crippen molar-refractivity contribution in [2.75, 3.05) is 6.61 Å². The van der Waals surface area contributed by atoms with Gasteiger partial charge in [0.05, 0.1) is 21.7 Å². The summed E-state index contributed by atoms with van der Waals surface area (Å²) in [6.45, 7) is 0.122. The zero-order chi connectivity index (χ0) is 19.9. The fraction of sp³-hybridized carbons (Fsp3) is 0.211. The normalized spacial score (nSPS) is 22.7. The quantitative estimate of drug-likeness (QED) is 0.747. The van der Waals surface area contributed by atoms with Gasteiger partial charge in [0.25, 0.3) is 5.91 Å². The molecule has 2 heterocycles. The predicted octanol–water partition coefficient (Wildman–Crippen LogP) is 3.13. The largest absolute Gasteiger partial charge is 0.490 e. The van der Waals surface area contributed by atoms with E-state index in [0.717, 1.165) is 0 Å². The van der Waals surface area contributed by atoms with Gasteiger partial charge in [0.2, 0.25) is 0 Å².